The number of aliphatic hydroxyl groups is 1. The number of benzene rings is 3. The van der Waals surface area contributed by atoms with Gasteiger partial charge in [-0.25, -0.2) is 4.39 Å². The van der Waals surface area contributed by atoms with Crippen molar-refractivity contribution in [2.75, 3.05) is 13.1 Å². The van der Waals surface area contributed by atoms with Crippen molar-refractivity contribution in [3.63, 3.8) is 0 Å². The van der Waals surface area contributed by atoms with Crippen LogP contribution in [0.1, 0.15) is 49.4 Å². The van der Waals surface area contributed by atoms with Crippen LogP contribution >= 0.6 is 23.2 Å². The number of carbonyl (C=O) groups is 1. The van der Waals surface area contributed by atoms with Gasteiger partial charge in [0, 0.05) is 18.1 Å². The molecule has 4 rings (SSSR count). The molecule has 1 fully saturated rings. The number of hydrogen-bond acceptors (Lipinski definition) is 3. The summed E-state index contributed by atoms with van der Waals surface area (Å²) in [6.07, 6.45) is 1.80. The normalized spacial score (nSPS) is 15.9. The summed E-state index contributed by atoms with van der Waals surface area (Å²) in [5.41, 5.74) is 1.72. The van der Waals surface area contributed by atoms with Crippen LogP contribution in [0.25, 0.3) is 0 Å². The van der Waals surface area contributed by atoms with Crippen molar-refractivity contribution in [2.24, 2.45) is 5.92 Å². The highest BCUT2D eigenvalue weighted by Crippen LogP contribution is 2.26. The van der Waals surface area contributed by atoms with E-state index in [1.54, 1.807) is 42.2 Å². The highest BCUT2D eigenvalue weighted by atomic mass is 35.5. The summed E-state index contributed by atoms with van der Waals surface area (Å²) in [4.78, 5) is 14.1. The number of nitrogens with zero attached hydrogens (tertiary/aromatic N) is 2. The first kappa shape index (κ1) is 30.3. The van der Waals surface area contributed by atoms with E-state index < -0.39 is 5.60 Å². The Labute approximate surface area is 229 Å². The van der Waals surface area contributed by atoms with Gasteiger partial charge >= 0.3 is 0 Å². The van der Waals surface area contributed by atoms with Crippen LogP contribution in [0, 0.1) is 30.0 Å². The summed E-state index contributed by atoms with van der Waals surface area (Å²) in [6, 6.07) is 20.9. The second-order valence-electron chi connectivity index (χ2n) is 9.27. The van der Waals surface area contributed by atoms with Gasteiger partial charge in [0.2, 0.25) is 0 Å². The first-order valence-corrected chi connectivity index (χ1v) is 12.9. The highest BCUT2D eigenvalue weighted by Gasteiger charge is 2.38. The van der Waals surface area contributed by atoms with Crippen LogP contribution in [0.15, 0.2) is 66.7 Å². The molecule has 1 saturated heterocycles. The summed E-state index contributed by atoms with van der Waals surface area (Å²) >= 11 is 11.4. The van der Waals surface area contributed by atoms with E-state index >= 15 is 0 Å². The average Bonchev–Trinajstić information content (AvgIpc) is 3.32. The van der Waals surface area contributed by atoms with Crippen molar-refractivity contribution in [3.8, 4) is 6.07 Å². The maximum absolute atomic E-state index is 12.5. The Hall–Kier alpha value is -2.91. The van der Waals surface area contributed by atoms with Gasteiger partial charge in [-0.3, -0.25) is 4.79 Å². The van der Waals surface area contributed by atoms with E-state index in [1.165, 1.54) is 12.1 Å². The van der Waals surface area contributed by atoms with Crippen LogP contribution in [0.4, 0.5) is 4.39 Å². The zero-order valence-corrected chi connectivity index (χ0v) is 23.2. The Morgan fingerprint density at radius 1 is 1.14 bits per heavy atom. The van der Waals surface area contributed by atoms with E-state index in [0.29, 0.717) is 27.1 Å². The van der Waals surface area contributed by atoms with Crippen LogP contribution in [-0.4, -0.2) is 29.0 Å². The van der Waals surface area contributed by atoms with E-state index in [-0.39, 0.29) is 11.7 Å². The van der Waals surface area contributed by atoms with Gasteiger partial charge in [0.15, 0.2) is 5.60 Å². The summed E-state index contributed by atoms with van der Waals surface area (Å²) in [5.74, 6) is 0.125. The van der Waals surface area contributed by atoms with Crippen molar-refractivity contribution in [3.05, 3.63) is 105 Å². The quantitative estimate of drug-likeness (QED) is 0.376. The molecule has 0 radical (unpaired) electrons. The maximum atomic E-state index is 12.5. The topological polar surface area (TPSA) is 64.3 Å². The fraction of sp³-hybridized carbons (Fsp3) is 0.333. The lowest BCUT2D eigenvalue weighted by atomic mass is 9.94. The zero-order valence-electron chi connectivity index (χ0n) is 21.6. The standard InChI is InChI=1S/C14H19NO2.C8H8ClF.C8H6ClN/c1-11-8-9-15(10-11)13(16)14(2,17)12-6-4-3-5-7-12;1-2-6-5-7(10)3-4-8(6)9;1-6-2-3-7(5-10)8(9)4-6/h3-7,11,17H,8-10H2,1-2H3;3-5H,2H2,1H3;2-4H,1H3. The minimum Gasteiger partial charge on any atom is -0.376 e. The minimum absolute atomic E-state index is 0.187. The van der Waals surface area contributed by atoms with Gasteiger partial charge < -0.3 is 10.0 Å². The van der Waals surface area contributed by atoms with Crippen molar-refractivity contribution in [2.45, 2.75) is 46.1 Å². The number of hydrogen-bond donors (Lipinski definition) is 1. The molecule has 1 aliphatic heterocycles. The molecule has 0 aromatic heterocycles. The number of rotatable bonds is 3. The highest BCUT2D eigenvalue weighted by molar-refractivity contribution is 6.31. The molecule has 2 atom stereocenters. The second kappa shape index (κ2) is 14.1. The van der Waals surface area contributed by atoms with Gasteiger partial charge in [0.05, 0.1) is 10.6 Å². The Kier molecular flexibility index (Phi) is 11.6. The molecule has 7 heteroatoms. The van der Waals surface area contributed by atoms with Gasteiger partial charge in [0.25, 0.3) is 5.91 Å². The fourth-order valence-corrected chi connectivity index (χ4v) is 4.37. The molecule has 3 aromatic carbocycles. The molecule has 4 nitrogen and oxygen atoms in total. The lowest BCUT2D eigenvalue weighted by Crippen LogP contribution is -2.44. The number of nitriles is 1. The van der Waals surface area contributed by atoms with E-state index in [1.807, 2.05) is 44.2 Å². The van der Waals surface area contributed by atoms with Gasteiger partial charge in [-0.15, -0.1) is 0 Å². The molecular weight excluding hydrogens is 510 g/mol. The summed E-state index contributed by atoms with van der Waals surface area (Å²) in [5, 5.41) is 20.1. The molecule has 0 spiro atoms. The summed E-state index contributed by atoms with van der Waals surface area (Å²) in [7, 11) is 0. The molecule has 0 saturated carbocycles. The number of amides is 1. The van der Waals surface area contributed by atoms with Crippen molar-refractivity contribution >= 4 is 29.1 Å². The third kappa shape index (κ3) is 8.86. The molecule has 1 amide bonds. The van der Waals surface area contributed by atoms with E-state index in [0.717, 1.165) is 37.1 Å². The van der Waals surface area contributed by atoms with E-state index in [2.05, 4.69) is 6.92 Å². The third-order valence-corrected chi connectivity index (χ3v) is 6.78. The maximum Gasteiger partial charge on any atom is 0.258 e. The second-order valence-corrected chi connectivity index (χ2v) is 10.1. The predicted molar refractivity (Wildman–Crippen MR) is 148 cm³/mol. The van der Waals surface area contributed by atoms with Gasteiger partial charge in [0.1, 0.15) is 11.9 Å². The molecule has 1 aliphatic rings. The number of aryl methyl sites for hydroxylation is 2. The predicted octanol–water partition coefficient (Wildman–Crippen LogP) is 7.32. The Morgan fingerprint density at radius 2 is 1.81 bits per heavy atom. The summed E-state index contributed by atoms with van der Waals surface area (Å²) in [6.45, 7) is 9.09. The number of carbonyl (C=O) groups excluding carboxylic acids is 1. The Morgan fingerprint density at radius 3 is 2.32 bits per heavy atom. The van der Waals surface area contributed by atoms with Crippen LogP contribution in [0.2, 0.25) is 10.0 Å². The lowest BCUT2D eigenvalue weighted by molar-refractivity contribution is -0.149. The Bertz CT molecular complexity index is 1220. The number of halogens is 3. The first-order chi connectivity index (χ1) is 17.5. The van der Waals surface area contributed by atoms with Crippen LogP contribution in [0.5, 0.6) is 0 Å². The molecule has 0 bridgehead atoms. The van der Waals surface area contributed by atoms with Gasteiger partial charge in [-0.05, 0) is 79.6 Å². The van der Waals surface area contributed by atoms with Crippen molar-refractivity contribution < 1.29 is 14.3 Å². The SMILES string of the molecule is CC1CCN(C(=O)C(C)(O)c2ccccc2)C1.CCc1cc(F)ccc1Cl.Cc1ccc(C#N)c(Cl)c1. The van der Waals surface area contributed by atoms with Crippen LogP contribution in [-0.2, 0) is 16.8 Å². The molecule has 3 aromatic rings. The average molecular weight is 544 g/mol. The zero-order chi connectivity index (χ0) is 27.6. The third-order valence-electron chi connectivity index (χ3n) is 6.10. The minimum atomic E-state index is -1.41. The monoisotopic (exact) mass is 542 g/mol. The Balaban J connectivity index is 0.000000208. The lowest BCUT2D eigenvalue weighted by Gasteiger charge is -2.28. The van der Waals surface area contributed by atoms with Gasteiger partial charge in [-0.2, -0.15) is 5.26 Å². The van der Waals surface area contributed by atoms with Gasteiger partial charge in [-0.1, -0.05) is 73.4 Å². The van der Waals surface area contributed by atoms with Crippen molar-refractivity contribution in [1.82, 2.24) is 4.90 Å². The molecular formula is C30H33Cl2FN2O2. The summed E-state index contributed by atoms with van der Waals surface area (Å²) < 4.78 is 12.5. The van der Waals surface area contributed by atoms with E-state index in [9.17, 15) is 14.3 Å². The fourth-order valence-electron chi connectivity index (χ4n) is 3.84. The van der Waals surface area contributed by atoms with Crippen LogP contribution in [0.3, 0.4) is 0 Å². The largest absolute Gasteiger partial charge is 0.376 e. The molecule has 196 valence electrons. The molecule has 37 heavy (non-hydrogen) atoms. The van der Waals surface area contributed by atoms with Crippen molar-refractivity contribution in [1.29, 1.82) is 5.26 Å². The van der Waals surface area contributed by atoms with Crippen LogP contribution < -0.4 is 0 Å². The molecule has 1 N–H and O–H groups in total. The molecule has 2 unspecified atom stereocenters. The number of likely N-dealkylation sites (tertiary alicyclic amines) is 1. The van der Waals surface area contributed by atoms with E-state index in [4.69, 9.17) is 28.5 Å². The first-order valence-electron chi connectivity index (χ1n) is 12.2. The molecule has 1 heterocycles. The smallest absolute Gasteiger partial charge is 0.258 e. The molecule has 0 aliphatic carbocycles.